The average Bonchev–Trinajstić information content (AvgIpc) is 2.37. The van der Waals surface area contributed by atoms with Gasteiger partial charge in [0.25, 0.3) is 0 Å². The molecule has 0 saturated heterocycles. The number of aliphatic hydroxyl groups is 1. The third kappa shape index (κ3) is 3.67. The van der Waals surface area contributed by atoms with Gasteiger partial charge in [0.1, 0.15) is 5.82 Å². The Bertz CT molecular complexity index is 423. The van der Waals surface area contributed by atoms with Crippen molar-refractivity contribution in [1.29, 1.82) is 0 Å². The molecular formula is C15H22FNO2. The van der Waals surface area contributed by atoms with Crippen LogP contribution in [0, 0.1) is 5.82 Å². The molecule has 1 heterocycles. The molecule has 3 nitrogen and oxygen atoms in total. The van der Waals surface area contributed by atoms with Crippen molar-refractivity contribution >= 4 is 5.69 Å². The second kappa shape index (κ2) is 6.35. The van der Waals surface area contributed by atoms with Crippen molar-refractivity contribution in [1.82, 2.24) is 0 Å². The quantitative estimate of drug-likeness (QED) is 0.889. The van der Waals surface area contributed by atoms with Crippen molar-refractivity contribution in [3.63, 3.8) is 0 Å². The van der Waals surface area contributed by atoms with Gasteiger partial charge in [0.15, 0.2) is 0 Å². The molecule has 1 aromatic rings. The zero-order valence-corrected chi connectivity index (χ0v) is 11.6. The van der Waals surface area contributed by atoms with E-state index in [0.717, 1.165) is 24.9 Å². The van der Waals surface area contributed by atoms with Gasteiger partial charge in [0, 0.05) is 13.1 Å². The van der Waals surface area contributed by atoms with Crippen LogP contribution < -0.4 is 4.90 Å². The summed E-state index contributed by atoms with van der Waals surface area (Å²) in [4.78, 5) is 1.93. The highest BCUT2D eigenvalue weighted by Crippen LogP contribution is 2.29. The largest absolute Gasteiger partial charge is 0.389 e. The minimum absolute atomic E-state index is 0.0972. The summed E-state index contributed by atoms with van der Waals surface area (Å²) >= 11 is 0. The molecule has 1 atom stereocenters. The van der Waals surface area contributed by atoms with Crippen molar-refractivity contribution in [2.75, 3.05) is 24.6 Å². The fourth-order valence-electron chi connectivity index (χ4n) is 2.48. The van der Waals surface area contributed by atoms with Crippen LogP contribution in [-0.4, -0.2) is 37.0 Å². The normalized spacial score (nSPS) is 16.6. The number of fused-ring (bicyclic) bond motifs is 1. The van der Waals surface area contributed by atoms with E-state index in [1.165, 1.54) is 6.07 Å². The van der Waals surface area contributed by atoms with E-state index in [-0.39, 0.29) is 18.5 Å². The van der Waals surface area contributed by atoms with E-state index in [0.29, 0.717) is 12.2 Å². The molecule has 1 aliphatic rings. The van der Waals surface area contributed by atoms with E-state index in [4.69, 9.17) is 4.74 Å². The maximum absolute atomic E-state index is 13.9. The molecule has 1 aromatic carbocycles. The number of nitrogens with zero attached hydrogens (tertiary/aromatic N) is 1. The van der Waals surface area contributed by atoms with E-state index in [2.05, 4.69) is 0 Å². The first-order valence-electron chi connectivity index (χ1n) is 6.90. The lowest BCUT2D eigenvalue weighted by atomic mass is 10.0. The molecule has 0 bridgehead atoms. The van der Waals surface area contributed by atoms with Gasteiger partial charge in [-0.15, -0.1) is 0 Å². The molecule has 1 unspecified atom stereocenters. The van der Waals surface area contributed by atoms with E-state index in [1.54, 1.807) is 6.07 Å². The molecule has 1 N–H and O–H groups in total. The number of rotatable bonds is 5. The van der Waals surface area contributed by atoms with Crippen LogP contribution in [0.15, 0.2) is 18.2 Å². The van der Waals surface area contributed by atoms with Gasteiger partial charge < -0.3 is 14.7 Å². The third-order valence-corrected chi connectivity index (χ3v) is 3.31. The lowest BCUT2D eigenvalue weighted by Gasteiger charge is -2.33. The first kappa shape index (κ1) is 14.3. The topological polar surface area (TPSA) is 32.7 Å². The minimum atomic E-state index is -0.590. The first-order chi connectivity index (χ1) is 9.08. The van der Waals surface area contributed by atoms with Crippen LogP contribution in [0.1, 0.15) is 25.8 Å². The predicted octanol–water partition coefficient (Wildman–Crippen LogP) is 2.36. The smallest absolute Gasteiger partial charge is 0.146 e. The number of β-amino-alcohol motifs (C(OH)–C–C–N with tert-alkyl or cyclic N) is 1. The fraction of sp³-hybridized carbons (Fsp3) is 0.600. The highest BCUT2D eigenvalue weighted by molar-refractivity contribution is 5.56. The third-order valence-electron chi connectivity index (χ3n) is 3.31. The molecule has 106 valence electrons. The SMILES string of the molecule is CC(C)OCC(O)CN1CCCc2cccc(F)c21. The van der Waals surface area contributed by atoms with Gasteiger partial charge in [0.05, 0.1) is 24.5 Å². The van der Waals surface area contributed by atoms with Crippen molar-refractivity contribution in [3.05, 3.63) is 29.6 Å². The lowest BCUT2D eigenvalue weighted by molar-refractivity contribution is 0.00876. The highest BCUT2D eigenvalue weighted by Gasteiger charge is 2.22. The standard InChI is InChI=1S/C15H22FNO2/c1-11(2)19-10-13(18)9-17-8-4-6-12-5-3-7-14(16)15(12)17/h3,5,7,11,13,18H,4,6,8-10H2,1-2H3. The van der Waals surface area contributed by atoms with E-state index >= 15 is 0 Å². The summed E-state index contributed by atoms with van der Waals surface area (Å²) in [6, 6.07) is 5.19. The summed E-state index contributed by atoms with van der Waals surface area (Å²) in [5.41, 5.74) is 1.68. The van der Waals surface area contributed by atoms with Crippen LogP contribution in [0.2, 0.25) is 0 Å². The minimum Gasteiger partial charge on any atom is -0.389 e. The zero-order valence-electron chi connectivity index (χ0n) is 11.6. The zero-order chi connectivity index (χ0) is 13.8. The van der Waals surface area contributed by atoms with Gasteiger partial charge in [-0.1, -0.05) is 12.1 Å². The Morgan fingerprint density at radius 1 is 1.42 bits per heavy atom. The summed E-state index contributed by atoms with van der Waals surface area (Å²) < 4.78 is 19.3. The summed E-state index contributed by atoms with van der Waals surface area (Å²) in [7, 11) is 0. The van der Waals surface area contributed by atoms with Crippen LogP contribution in [0.25, 0.3) is 0 Å². The van der Waals surface area contributed by atoms with E-state index in [9.17, 15) is 9.50 Å². The number of hydrogen-bond acceptors (Lipinski definition) is 3. The maximum Gasteiger partial charge on any atom is 0.146 e. The summed E-state index contributed by atoms with van der Waals surface area (Å²) in [5, 5.41) is 9.98. The summed E-state index contributed by atoms with van der Waals surface area (Å²) in [6.07, 6.45) is 1.41. The molecule has 4 heteroatoms. The molecule has 1 aliphatic heterocycles. The molecule has 0 radical (unpaired) electrons. The van der Waals surface area contributed by atoms with E-state index < -0.39 is 6.10 Å². The van der Waals surface area contributed by atoms with Crippen LogP contribution in [0.4, 0.5) is 10.1 Å². The van der Waals surface area contributed by atoms with Crippen molar-refractivity contribution in [2.24, 2.45) is 0 Å². The van der Waals surface area contributed by atoms with Gasteiger partial charge in [-0.2, -0.15) is 0 Å². The number of benzene rings is 1. The average molecular weight is 267 g/mol. The Balaban J connectivity index is 2.03. The number of hydrogen-bond donors (Lipinski definition) is 1. The van der Waals surface area contributed by atoms with Crippen LogP contribution in [0.3, 0.4) is 0 Å². The Kier molecular flexibility index (Phi) is 4.77. The Hall–Kier alpha value is -1.13. The predicted molar refractivity (Wildman–Crippen MR) is 74.0 cm³/mol. The number of anilines is 1. The maximum atomic E-state index is 13.9. The molecule has 0 fully saturated rings. The van der Waals surface area contributed by atoms with E-state index in [1.807, 2.05) is 24.8 Å². The highest BCUT2D eigenvalue weighted by atomic mass is 19.1. The number of aryl methyl sites for hydroxylation is 1. The van der Waals surface area contributed by atoms with Gasteiger partial charge in [-0.25, -0.2) is 4.39 Å². The molecule has 0 saturated carbocycles. The lowest BCUT2D eigenvalue weighted by Crippen LogP contribution is -2.39. The Morgan fingerprint density at radius 2 is 2.21 bits per heavy atom. The second-order valence-corrected chi connectivity index (χ2v) is 5.33. The van der Waals surface area contributed by atoms with Crippen LogP contribution in [-0.2, 0) is 11.2 Å². The fourth-order valence-corrected chi connectivity index (χ4v) is 2.48. The molecule has 19 heavy (non-hydrogen) atoms. The summed E-state index contributed by atoms with van der Waals surface area (Å²) in [5.74, 6) is -0.200. The first-order valence-corrected chi connectivity index (χ1v) is 6.90. The van der Waals surface area contributed by atoms with Gasteiger partial charge >= 0.3 is 0 Å². The molecule has 2 rings (SSSR count). The number of para-hydroxylation sites is 1. The van der Waals surface area contributed by atoms with Crippen molar-refractivity contribution in [3.8, 4) is 0 Å². The van der Waals surface area contributed by atoms with Crippen LogP contribution in [0.5, 0.6) is 0 Å². The molecule has 0 aliphatic carbocycles. The summed E-state index contributed by atoms with van der Waals surface area (Å²) in [6.45, 7) is 5.36. The van der Waals surface area contributed by atoms with Gasteiger partial charge in [0.2, 0.25) is 0 Å². The molecule has 0 spiro atoms. The van der Waals surface area contributed by atoms with Gasteiger partial charge in [-0.05, 0) is 38.3 Å². The molecule has 0 aromatic heterocycles. The van der Waals surface area contributed by atoms with Crippen molar-refractivity contribution < 1.29 is 14.2 Å². The van der Waals surface area contributed by atoms with Gasteiger partial charge in [-0.3, -0.25) is 0 Å². The Labute approximate surface area is 114 Å². The Morgan fingerprint density at radius 3 is 2.95 bits per heavy atom. The monoisotopic (exact) mass is 267 g/mol. The van der Waals surface area contributed by atoms with Crippen LogP contribution >= 0.6 is 0 Å². The number of ether oxygens (including phenoxy) is 1. The molecular weight excluding hydrogens is 245 g/mol. The molecule has 0 amide bonds. The number of aliphatic hydroxyl groups excluding tert-OH is 1. The second-order valence-electron chi connectivity index (χ2n) is 5.33. The number of halogens is 1. The van der Waals surface area contributed by atoms with Crippen molar-refractivity contribution in [2.45, 2.75) is 38.9 Å².